The normalized spacial score (nSPS) is 38.9. The highest BCUT2D eigenvalue weighted by Gasteiger charge is 2.50. The fraction of sp³-hybridized carbons (Fsp3) is 0.800. The van der Waals surface area contributed by atoms with Crippen molar-refractivity contribution in [1.82, 2.24) is 10.6 Å². The van der Waals surface area contributed by atoms with Gasteiger partial charge in [-0.2, -0.15) is 0 Å². The van der Waals surface area contributed by atoms with Gasteiger partial charge in [0.1, 0.15) is 23.7 Å². The van der Waals surface area contributed by atoms with Crippen LogP contribution in [0.25, 0.3) is 0 Å². The Morgan fingerprint density at radius 2 is 2.22 bits per heavy atom. The Hall–Kier alpha value is -0.830. The molecule has 0 spiro atoms. The number of hydrogen-bond acceptors (Lipinski definition) is 7. The van der Waals surface area contributed by atoms with E-state index in [0.29, 0.717) is 11.7 Å². The van der Waals surface area contributed by atoms with Gasteiger partial charge in [0.25, 0.3) is 5.91 Å². The van der Waals surface area contributed by atoms with Gasteiger partial charge in [0.05, 0.1) is 0 Å². The van der Waals surface area contributed by atoms with E-state index in [2.05, 4.69) is 15.6 Å². The van der Waals surface area contributed by atoms with Gasteiger partial charge in [-0.05, 0) is 6.92 Å². The van der Waals surface area contributed by atoms with E-state index >= 15 is 0 Å². The number of aliphatic hydroxyl groups excluding tert-OH is 2. The number of nitrogens with one attached hydrogen (secondary N) is 2. The fourth-order valence-corrected chi connectivity index (χ4v) is 3.03. The Morgan fingerprint density at radius 3 is 2.83 bits per heavy atom. The minimum atomic E-state index is -1.27. The van der Waals surface area contributed by atoms with Crippen LogP contribution >= 0.6 is 11.8 Å². The number of hydrogen-bond donors (Lipinski definition) is 4. The Balaban J connectivity index is 2.10. The summed E-state index contributed by atoms with van der Waals surface area (Å²) in [4.78, 5) is 15.9. The maximum atomic E-state index is 11.7. The van der Waals surface area contributed by atoms with Crippen LogP contribution in [0.4, 0.5) is 0 Å². The van der Waals surface area contributed by atoms with Crippen molar-refractivity contribution in [2.45, 2.75) is 36.7 Å². The van der Waals surface area contributed by atoms with Crippen molar-refractivity contribution in [3.8, 4) is 0 Å². The summed E-state index contributed by atoms with van der Waals surface area (Å²) in [5.41, 5.74) is -0.446. The van der Waals surface area contributed by atoms with Gasteiger partial charge in [-0.3, -0.25) is 9.79 Å². The highest BCUT2D eigenvalue weighted by atomic mass is 32.2. The van der Waals surface area contributed by atoms with Crippen LogP contribution in [0.3, 0.4) is 0 Å². The van der Waals surface area contributed by atoms with Crippen LogP contribution in [-0.2, 0) is 9.53 Å². The number of carbonyl (C=O) groups excluding carboxylic acids is 1. The van der Waals surface area contributed by atoms with Gasteiger partial charge in [-0.15, -0.1) is 0 Å². The number of thioether (sulfide) groups is 1. The zero-order chi connectivity index (χ0) is 13.3. The smallest absolute Gasteiger partial charge is 0.252 e. The van der Waals surface area contributed by atoms with Gasteiger partial charge < -0.3 is 25.6 Å². The van der Waals surface area contributed by atoms with Gasteiger partial charge in [-0.25, -0.2) is 0 Å². The number of amidine groups is 1. The summed E-state index contributed by atoms with van der Waals surface area (Å²) < 4.78 is 5.53. The van der Waals surface area contributed by atoms with Crippen molar-refractivity contribution in [2.75, 3.05) is 13.6 Å². The molecule has 2 aliphatic heterocycles. The lowest BCUT2D eigenvalue weighted by Crippen LogP contribution is -2.59. The summed E-state index contributed by atoms with van der Waals surface area (Å²) in [7, 11) is 1.72. The van der Waals surface area contributed by atoms with E-state index in [1.807, 2.05) is 0 Å². The highest BCUT2D eigenvalue weighted by Crippen LogP contribution is 2.35. The number of fused-ring (bicyclic) bond motifs is 1. The molecule has 18 heavy (non-hydrogen) atoms. The van der Waals surface area contributed by atoms with Gasteiger partial charge in [0.2, 0.25) is 0 Å². The van der Waals surface area contributed by atoms with Gasteiger partial charge in [0.15, 0.2) is 11.3 Å². The first-order valence-corrected chi connectivity index (χ1v) is 6.68. The summed E-state index contributed by atoms with van der Waals surface area (Å²) in [6, 6.07) is -0.543. The molecule has 0 aliphatic carbocycles. The second-order valence-corrected chi connectivity index (χ2v) is 5.18. The monoisotopic (exact) mass is 275 g/mol. The number of ether oxygens (including phenoxy) is 1. The number of rotatable bonds is 2. The molecule has 2 rings (SSSR count). The molecule has 2 aliphatic rings. The average molecular weight is 275 g/mol. The quantitative estimate of drug-likeness (QED) is 0.477. The molecule has 1 fully saturated rings. The first kappa shape index (κ1) is 13.6. The molecule has 102 valence electrons. The molecule has 0 aromatic heterocycles. The Labute approximate surface area is 109 Å². The molecular weight excluding hydrogens is 258 g/mol. The predicted molar refractivity (Wildman–Crippen MR) is 67.2 cm³/mol. The van der Waals surface area contributed by atoms with E-state index in [1.54, 1.807) is 14.0 Å². The van der Waals surface area contributed by atoms with Crippen LogP contribution in [0.1, 0.15) is 6.92 Å². The second kappa shape index (κ2) is 5.43. The lowest BCUT2D eigenvalue weighted by molar-refractivity contribution is -0.171. The molecule has 0 unspecified atom stereocenters. The summed E-state index contributed by atoms with van der Waals surface area (Å²) in [6.07, 6.45) is -3.42. The molecule has 1 saturated heterocycles. The minimum absolute atomic E-state index is 0.416. The Bertz CT molecular complexity index is 365. The van der Waals surface area contributed by atoms with Gasteiger partial charge in [0, 0.05) is 13.6 Å². The zero-order valence-corrected chi connectivity index (χ0v) is 11.0. The third-order valence-electron chi connectivity index (χ3n) is 2.89. The van der Waals surface area contributed by atoms with Crippen molar-refractivity contribution in [3.63, 3.8) is 0 Å². The third kappa shape index (κ3) is 2.33. The summed E-state index contributed by atoms with van der Waals surface area (Å²) in [5, 5.41) is 26.0. The van der Waals surface area contributed by atoms with E-state index in [0.717, 1.165) is 0 Å². The van der Waals surface area contributed by atoms with Crippen molar-refractivity contribution in [2.24, 2.45) is 4.99 Å². The van der Waals surface area contributed by atoms with Gasteiger partial charge >= 0.3 is 0 Å². The standard InChI is InChI=1S/C10H17N3O4S/c1-3-12-8(16)7-6(15)5(14)4-9(17-7)18-10(11-2)13-4/h4-7,9,14-15H,3H2,1-2H3,(H,11,13)(H,12,16)/t4-,5+,6-,7-,9-/m0/s1. The fourth-order valence-electron chi connectivity index (χ4n) is 1.97. The minimum Gasteiger partial charge on any atom is -0.388 e. The highest BCUT2D eigenvalue weighted by molar-refractivity contribution is 8.14. The molecule has 0 aromatic carbocycles. The van der Waals surface area contributed by atoms with E-state index in [-0.39, 0.29) is 0 Å². The van der Waals surface area contributed by atoms with Crippen LogP contribution in [0.15, 0.2) is 4.99 Å². The number of aliphatic imine (C=N–C) groups is 1. The maximum Gasteiger partial charge on any atom is 0.252 e. The van der Waals surface area contributed by atoms with Gasteiger partial charge in [-0.1, -0.05) is 11.8 Å². The van der Waals surface area contributed by atoms with Crippen molar-refractivity contribution >= 4 is 22.8 Å². The second-order valence-electron chi connectivity index (χ2n) is 4.09. The maximum absolute atomic E-state index is 11.7. The molecule has 0 radical (unpaired) electrons. The number of likely N-dealkylation sites (N-methyl/N-ethyl adjacent to an activating group) is 1. The Morgan fingerprint density at radius 1 is 1.50 bits per heavy atom. The number of carbonyl (C=O) groups is 1. The molecule has 0 aromatic rings. The van der Waals surface area contributed by atoms with Crippen LogP contribution in [0.5, 0.6) is 0 Å². The molecule has 0 bridgehead atoms. The van der Waals surface area contributed by atoms with E-state index in [1.165, 1.54) is 11.8 Å². The predicted octanol–water partition coefficient (Wildman–Crippen LogP) is -1.74. The molecular formula is C10H17N3O4S. The van der Waals surface area contributed by atoms with Crippen LogP contribution in [-0.4, -0.2) is 64.7 Å². The summed E-state index contributed by atoms with van der Waals surface area (Å²) in [6.45, 7) is 2.22. The number of amides is 1. The SMILES string of the molecule is CCNC(=O)[C@H]1O[C@H]2SC(NC)=N[C@H]2[C@@H](O)[C@@H]1O. The molecule has 5 atom stereocenters. The average Bonchev–Trinajstić information content (AvgIpc) is 2.77. The molecule has 0 saturated carbocycles. The first-order chi connectivity index (χ1) is 8.58. The van der Waals surface area contributed by atoms with E-state index in [9.17, 15) is 15.0 Å². The molecule has 4 N–H and O–H groups in total. The molecule has 7 nitrogen and oxygen atoms in total. The van der Waals surface area contributed by atoms with Crippen molar-refractivity contribution in [1.29, 1.82) is 0 Å². The molecule has 1 amide bonds. The van der Waals surface area contributed by atoms with E-state index in [4.69, 9.17) is 4.74 Å². The van der Waals surface area contributed by atoms with E-state index < -0.39 is 35.7 Å². The zero-order valence-electron chi connectivity index (χ0n) is 10.2. The van der Waals surface area contributed by atoms with Crippen molar-refractivity contribution in [3.05, 3.63) is 0 Å². The largest absolute Gasteiger partial charge is 0.388 e. The number of aliphatic hydroxyl groups is 2. The molecule has 8 heteroatoms. The summed E-state index contributed by atoms with van der Waals surface area (Å²) in [5.74, 6) is -0.416. The van der Waals surface area contributed by atoms with Crippen molar-refractivity contribution < 1.29 is 19.7 Å². The third-order valence-corrected chi connectivity index (χ3v) is 4.04. The summed E-state index contributed by atoms with van der Waals surface area (Å²) >= 11 is 1.31. The molecule has 2 heterocycles. The van der Waals surface area contributed by atoms with Crippen LogP contribution < -0.4 is 10.6 Å². The first-order valence-electron chi connectivity index (χ1n) is 5.80. The number of nitrogens with zero attached hydrogens (tertiary/aromatic N) is 1. The lowest BCUT2D eigenvalue weighted by Gasteiger charge is -2.37. The Kier molecular flexibility index (Phi) is 4.10. The topological polar surface area (TPSA) is 103 Å². The lowest BCUT2D eigenvalue weighted by atomic mass is 9.98. The van der Waals surface area contributed by atoms with Crippen LogP contribution in [0.2, 0.25) is 0 Å². The van der Waals surface area contributed by atoms with Crippen LogP contribution in [0, 0.1) is 0 Å².